The van der Waals surface area contributed by atoms with Gasteiger partial charge in [0.05, 0.1) is 12.3 Å². The van der Waals surface area contributed by atoms with Crippen LogP contribution < -0.4 is 0 Å². The second-order valence-electron chi connectivity index (χ2n) is 8.31. The highest BCUT2D eigenvalue weighted by molar-refractivity contribution is 7.99. The molecule has 0 saturated heterocycles. The quantitative estimate of drug-likeness (QED) is 0.283. The summed E-state index contributed by atoms with van der Waals surface area (Å²) >= 11 is 1.46. The van der Waals surface area contributed by atoms with Gasteiger partial charge in [-0.3, -0.25) is 9.36 Å². The molecule has 3 aromatic heterocycles. The highest BCUT2D eigenvalue weighted by atomic mass is 32.2. The van der Waals surface area contributed by atoms with Crippen LogP contribution in [0.3, 0.4) is 0 Å². The van der Waals surface area contributed by atoms with Crippen molar-refractivity contribution in [3.63, 3.8) is 0 Å². The maximum absolute atomic E-state index is 13.1. The fourth-order valence-corrected chi connectivity index (χ4v) is 4.86. The minimum Gasteiger partial charge on any atom is -0.360 e. The predicted octanol–water partition coefficient (Wildman–Crippen LogP) is 4.88. The third-order valence-electron chi connectivity index (χ3n) is 5.78. The van der Waals surface area contributed by atoms with Gasteiger partial charge in [0, 0.05) is 28.9 Å². The highest BCUT2D eigenvalue weighted by Crippen LogP contribution is 2.40. The van der Waals surface area contributed by atoms with Crippen molar-refractivity contribution >= 4 is 17.5 Å². The van der Waals surface area contributed by atoms with Crippen LogP contribution in [0.15, 0.2) is 52.1 Å². The molecule has 7 nitrogen and oxygen atoms in total. The Morgan fingerprint density at radius 3 is 2.59 bits per heavy atom. The van der Waals surface area contributed by atoms with Crippen LogP contribution in [0.2, 0.25) is 0 Å². The molecule has 32 heavy (non-hydrogen) atoms. The van der Waals surface area contributed by atoms with Gasteiger partial charge in [-0.2, -0.15) is 0 Å². The normalized spacial score (nSPS) is 13.6. The number of hydrogen-bond donors (Lipinski definition) is 0. The minimum atomic E-state index is 0.0665. The zero-order chi connectivity index (χ0) is 22.2. The number of benzene rings is 1. The Balaban J connectivity index is 1.36. The molecule has 1 fully saturated rings. The molecule has 0 N–H and O–H groups in total. The molecule has 0 atom stereocenters. The summed E-state index contributed by atoms with van der Waals surface area (Å²) in [6.45, 7) is 6.49. The van der Waals surface area contributed by atoms with Gasteiger partial charge in [0.1, 0.15) is 11.6 Å². The first-order valence-electron chi connectivity index (χ1n) is 10.8. The molecule has 1 aliphatic carbocycles. The van der Waals surface area contributed by atoms with Crippen LogP contribution in [0.1, 0.15) is 57.7 Å². The minimum absolute atomic E-state index is 0.0665. The van der Waals surface area contributed by atoms with E-state index >= 15 is 0 Å². The summed E-state index contributed by atoms with van der Waals surface area (Å²) in [5.41, 5.74) is 3.72. The fourth-order valence-electron chi connectivity index (χ4n) is 4.03. The van der Waals surface area contributed by atoms with E-state index in [4.69, 9.17) is 4.52 Å². The SMILES string of the molecule is Cc1cc(-n2c(C)cc(C(=O)CSc3nnc(C4CC4)n3Cc3ccccc3)c2C)no1. The number of aryl methyl sites for hydroxylation is 2. The summed E-state index contributed by atoms with van der Waals surface area (Å²) in [5.74, 6) is 3.32. The van der Waals surface area contributed by atoms with Gasteiger partial charge in [-0.15, -0.1) is 10.2 Å². The first kappa shape index (κ1) is 20.8. The third kappa shape index (κ3) is 4.02. The maximum atomic E-state index is 13.1. The molecule has 8 heteroatoms. The number of ketones is 1. The topological polar surface area (TPSA) is 78.7 Å². The van der Waals surface area contributed by atoms with E-state index in [9.17, 15) is 4.79 Å². The molecule has 0 unspecified atom stereocenters. The van der Waals surface area contributed by atoms with Gasteiger partial charge in [0.15, 0.2) is 16.8 Å². The summed E-state index contributed by atoms with van der Waals surface area (Å²) in [6.07, 6.45) is 2.31. The largest absolute Gasteiger partial charge is 0.360 e. The zero-order valence-electron chi connectivity index (χ0n) is 18.4. The fraction of sp³-hybridized carbons (Fsp3) is 0.333. The molecule has 0 amide bonds. The number of carbonyl (C=O) groups is 1. The van der Waals surface area contributed by atoms with Gasteiger partial charge in [-0.25, -0.2) is 0 Å². The molecule has 0 radical (unpaired) electrons. The van der Waals surface area contributed by atoms with E-state index in [1.807, 2.05) is 55.7 Å². The predicted molar refractivity (Wildman–Crippen MR) is 123 cm³/mol. The van der Waals surface area contributed by atoms with E-state index in [0.717, 1.165) is 47.5 Å². The molecule has 0 aliphatic heterocycles. The zero-order valence-corrected chi connectivity index (χ0v) is 19.2. The Morgan fingerprint density at radius 2 is 1.91 bits per heavy atom. The van der Waals surface area contributed by atoms with Crippen LogP contribution in [-0.2, 0) is 6.54 Å². The molecule has 1 saturated carbocycles. The summed E-state index contributed by atoms with van der Waals surface area (Å²) in [5, 5.41) is 13.8. The number of carbonyl (C=O) groups excluding carboxylic acids is 1. The average Bonchev–Trinajstić information content (AvgIpc) is 3.31. The molecule has 164 valence electrons. The Hall–Kier alpha value is -3.13. The van der Waals surface area contributed by atoms with Crippen LogP contribution in [0, 0.1) is 20.8 Å². The van der Waals surface area contributed by atoms with Crippen LogP contribution >= 0.6 is 11.8 Å². The van der Waals surface area contributed by atoms with Crippen LogP contribution in [0.25, 0.3) is 5.82 Å². The van der Waals surface area contributed by atoms with E-state index < -0.39 is 0 Å². The van der Waals surface area contributed by atoms with Crippen molar-refractivity contribution in [2.75, 3.05) is 5.75 Å². The van der Waals surface area contributed by atoms with Gasteiger partial charge in [0.2, 0.25) is 0 Å². The van der Waals surface area contributed by atoms with Crippen LogP contribution in [0.4, 0.5) is 0 Å². The van der Waals surface area contributed by atoms with Crippen LogP contribution in [0.5, 0.6) is 0 Å². The van der Waals surface area contributed by atoms with E-state index in [1.54, 1.807) is 0 Å². The molecular weight excluding hydrogens is 422 g/mol. The van der Waals surface area contributed by atoms with Gasteiger partial charge in [-0.05, 0) is 45.2 Å². The smallest absolute Gasteiger partial charge is 0.191 e. The van der Waals surface area contributed by atoms with Crippen molar-refractivity contribution < 1.29 is 9.32 Å². The first-order valence-corrected chi connectivity index (χ1v) is 11.8. The van der Waals surface area contributed by atoms with Crippen molar-refractivity contribution in [1.82, 2.24) is 24.5 Å². The average molecular weight is 448 g/mol. The molecule has 4 aromatic rings. The Morgan fingerprint density at radius 1 is 1.12 bits per heavy atom. The molecule has 0 spiro atoms. The van der Waals surface area contributed by atoms with E-state index in [-0.39, 0.29) is 5.78 Å². The summed E-state index contributed by atoms with van der Waals surface area (Å²) in [4.78, 5) is 13.1. The number of Topliss-reactive ketones (excluding diaryl/α,β-unsaturated/α-hetero) is 1. The lowest BCUT2D eigenvalue weighted by atomic mass is 10.2. The molecular formula is C24H25N5O2S. The molecule has 1 aliphatic rings. The van der Waals surface area contributed by atoms with Crippen molar-refractivity contribution in [2.24, 2.45) is 0 Å². The second-order valence-corrected chi connectivity index (χ2v) is 9.26. The monoisotopic (exact) mass is 447 g/mol. The first-order chi connectivity index (χ1) is 15.5. The van der Waals surface area contributed by atoms with E-state index in [1.165, 1.54) is 17.3 Å². The van der Waals surface area contributed by atoms with Gasteiger partial charge < -0.3 is 9.09 Å². The van der Waals surface area contributed by atoms with E-state index in [0.29, 0.717) is 23.1 Å². The second kappa shape index (κ2) is 8.43. The molecule has 0 bridgehead atoms. The number of hydrogen-bond acceptors (Lipinski definition) is 6. The molecule has 5 rings (SSSR count). The van der Waals surface area contributed by atoms with Crippen molar-refractivity contribution in [3.05, 3.63) is 76.6 Å². The lowest BCUT2D eigenvalue weighted by molar-refractivity contribution is 0.102. The summed E-state index contributed by atoms with van der Waals surface area (Å²) < 4.78 is 9.34. The van der Waals surface area contributed by atoms with Crippen LogP contribution in [-0.4, -0.2) is 36.0 Å². The standard InChI is InChI=1S/C24H25N5O2S/c1-15-11-20(17(3)29(15)22-12-16(2)31-27-22)21(30)14-32-24-26-25-23(19-9-10-19)28(24)13-18-7-5-4-6-8-18/h4-8,11-12,19H,9-10,13-14H2,1-3H3. The van der Waals surface area contributed by atoms with Gasteiger partial charge in [0.25, 0.3) is 0 Å². The van der Waals surface area contributed by atoms with Crippen molar-refractivity contribution in [1.29, 1.82) is 0 Å². The Kier molecular flexibility index (Phi) is 5.46. The Labute approximate surface area is 190 Å². The highest BCUT2D eigenvalue weighted by Gasteiger charge is 2.30. The molecule has 3 heterocycles. The van der Waals surface area contributed by atoms with E-state index in [2.05, 4.69) is 32.1 Å². The lowest BCUT2D eigenvalue weighted by Crippen LogP contribution is -2.09. The Bertz CT molecular complexity index is 1270. The summed E-state index contributed by atoms with van der Waals surface area (Å²) in [7, 11) is 0. The third-order valence-corrected chi connectivity index (χ3v) is 6.75. The van der Waals surface area contributed by atoms with Gasteiger partial charge >= 0.3 is 0 Å². The van der Waals surface area contributed by atoms with Crippen molar-refractivity contribution in [3.8, 4) is 5.82 Å². The number of thioether (sulfide) groups is 1. The maximum Gasteiger partial charge on any atom is 0.191 e. The van der Waals surface area contributed by atoms with Gasteiger partial charge in [-0.1, -0.05) is 47.3 Å². The number of rotatable bonds is 8. The number of aromatic nitrogens is 5. The number of nitrogens with zero attached hydrogens (tertiary/aromatic N) is 5. The summed E-state index contributed by atoms with van der Waals surface area (Å²) in [6, 6.07) is 14.1. The molecule has 1 aromatic carbocycles. The lowest BCUT2D eigenvalue weighted by Gasteiger charge is -2.10. The van der Waals surface area contributed by atoms with Crippen molar-refractivity contribution in [2.45, 2.75) is 51.2 Å².